The summed E-state index contributed by atoms with van der Waals surface area (Å²) in [6.07, 6.45) is 2.17. The quantitative estimate of drug-likeness (QED) is 0.488. The second-order valence-corrected chi connectivity index (χ2v) is 3.19. The predicted octanol–water partition coefficient (Wildman–Crippen LogP) is 0.897. The largest absolute Gasteiger partial charge is 0.355 e. The van der Waals surface area contributed by atoms with Crippen LogP contribution in [0.5, 0.6) is 0 Å². The van der Waals surface area contributed by atoms with Crippen LogP contribution in [0.1, 0.15) is 26.7 Å². The van der Waals surface area contributed by atoms with Gasteiger partial charge in [0.1, 0.15) is 5.60 Å². The number of ketones is 1. The molecule has 1 heterocycles. The van der Waals surface area contributed by atoms with Gasteiger partial charge in [-0.25, -0.2) is 0 Å². The van der Waals surface area contributed by atoms with Gasteiger partial charge in [0.2, 0.25) is 0 Å². The topological polar surface area (TPSA) is 29.6 Å². The van der Waals surface area contributed by atoms with Gasteiger partial charge >= 0.3 is 0 Å². The maximum absolute atomic E-state index is 10.9. The van der Waals surface area contributed by atoms with E-state index < -0.39 is 0 Å². The Morgan fingerprint density at radius 3 is 2.22 bits per heavy atom. The van der Waals surface area contributed by atoms with E-state index in [0.717, 1.165) is 12.8 Å². The molecule has 1 aliphatic heterocycles. The lowest BCUT2D eigenvalue weighted by Crippen LogP contribution is -2.20. The molecule has 1 saturated carbocycles. The first-order chi connectivity index (χ1) is 4.11. The molecule has 0 amide bonds. The van der Waals surface area contributed by atoms with Gasteiger partial charge in [-0.15, -0.1) is 0 Å². The Kier molecular flexibility index (Phi) is 0.650. The molecule has 0 aromatic heterocycles. The van der Waals surface area contributed by atoms with Crippen molar-refractivity contribution in [1.82, 2.24) is 0 Å². The molecule has 0 radical (unpaired) electrons. The predicted molar refractivity (Wildman–Crippen MR) is 32.1 cm³/mol. The second kappa shape index (κ2) is 1.08. The molecule has 0 aromatic carbocycles. The van der Waals surface area contributed by atoms with Crippen molar-refractivity contribution < 1.29 is 9.53 Å². The lowest BCUT2D eigenvalue weighted by atomic mass is 10.0. The van der Waals surface area contributed by atoms with Crippen molar-refractivity contribution in [2.75, 3.05) is 0 Å². The molecule has 50 valence electrons. The Morgan fingerprint density at radius 2 is 2.11 bits per heavy atom. The number of hydrogen-bond donors (Lipinski definition) is 0. The molecule has 2 nitrogen and oxygen atoms in total. The van der Waals surface area contributed by atoms with E-state index in [4.69, 9.17) is 4.74 Å². The van der Waals surface area contributed by atoms with Gasteiger partial charge in [-0.2, -0.15) is 0 Å². The third-order valence-electron chi connectivity index (χ3n) is 2.60. The van der Waals surface area contributed by atoms with Crippen LogP contribution in [0, 0.1) is 0 Å². The van der Waals surface area contributed by atoms with E-state index in [-0.39, 0.29) is 17.0 Å². The van der Waals surface area contributed by atoms with Gasteiger partial charge in [-0.05, 0) is 26.7 Å². The Balaban J connectivity index is 2.21. The summed E-state index contributed by atoms with van der Waals surface area (Å²) in [7, 11) is 0. The zero-order valence-electron chi connectivity index (χ0n) is 5.73. The van der Waals surface area contributed by atoms with Crippen molar-refractivity contribution in [3.63, 3.8) is 0 Å². The molecule has 2 heteroatoms. The zero-order valence-corrected chi connectivity index (χ0v) is 5.73. The lowest BCUT2D eigenvalue weighted by molar-refractivity contribution is -0.121. The first-order valence-corrected chi connectivity index (χ1v) is 3.32. The minimum Gasteiger partial charge on any atom is -0.355 e. The van der Waals surface area contributed by atoms with Crippen molar-refractivity contribution in [2.45, 2.75) is 37.9 Å². The van der Waals surface area contributed by atoms with Crippen molar-refractivity contribution in [3.8, 4) is 0 Å². The van der Waals surface area contributed by atoms with Crippen LogP contribution in [-0.4, -0.2) is 17.0 Å². The summed E-state index contributed by atoms with van der Waals surface area (Å²) in [6, 6.07) is 0. The number of epoxide rings is 1. The summed E-state index contributed by atoms with van der Waals surface area (Å²) in [5.41, 5.74) is -0.355. The smallest absolute Gasteiger partial charge is 0.164 e. The molecule has 1 unspecified atom stereocenters. The first-order valence-electron chi connectivity index (χ1n) is 3.32. The summed E-state index contributed by atoms with van der Waals surface area (Å²) in [5, 5.41) is 0. The Bertz CT molecular complexity index is 181. The van der Waals surface area contributed by atoms with E-state index >= 15 is 0 Å². The van der Waals surface area contributed by atoms with Gasteiger partial charge < -0.3 is 4.74 Å². The fourth-order valence-electron chi connectivity index (χ4n) is 1.45. The maximum atomic E-state index is 10.9. The summed E-state index contributed by atoms with van der Waals surface area (Å²) >= 11 is 0. The van der Waals surface area contributed by atoms with E-state index in [1.54, 1.807) is 6.92 Å². The van der Waals surface area contributed by atoms with Gasteiger partial charge in [0.05, 0.1) is 0 Å². The molecule has 0 aromatic rings. The molecule has 2 aliphatic rings. The van der Waals surface area contributed by atoms with Crippen molar-refractivity contribution in [1.29, 1.82) is 0 Å². The molecule has 0 N–H and O–H groups in total. The van der Waals surface area contributed by atoms with Gasteiger partial charge in [-0.1, -0.05) is 0 Å². The van der Waals surface area contributed by atoms with E-state index in [9.17, 15) is 4.79 Å². The van der Waals surface area contributed by atoms with Crippen molar-refractivity contribution in [2.24, 2.45) is 0 Å². The van der Waals surface area contributed by atoms with Gasteiger partial charge in [0.25, 0.3) is 0 Å². The van der Waals surface area contributed by atoms with Crippen LogP contribution in [-0.2, 0) is 9.53 Å². The average molecular weight is 126 g/mol. The minimum absolute atomic E-state index is 0.0266. The van der Waals surface area contributed by atoms with Crippen LogP contribution in [0.3, 0.4) is 0 Å². The highest BCUT2D eigenvalue weighted by atomic mass is 16.6. The number of carbonyl (C=O) groups is 1. The molecular weight excluding hydrogens is 116 g/mol. The summed E-state index contributed by atoms with van der Waals surface area (Å²) < 4.78 is 5.31. The van der Waals surface area contributed by atoms with Crippen molar-refractivity contribution >= 4 is 5.78 Å². The zero-order chi connectivity index (χ0) is 6.70. The highest BCUT2D eigenvalue weighted by molar-refractivity contribution is 5.90. The molecule has 1 atom stereocenters. The lowest BCUT2D eigenvalue weighted by Gasteiger charge is -1.95. The Morgan fingerprint density at radius 1 is 1.56 bits per heavy atom. The van der Waals surface area contributed by atoms with E-state index in [2.05, 4.69) is 0 Å². The summed E-state index contributed by atoms with van der Waals surface area (Å²) in [4.78, 5) is 10.9. The summed E-state index contributed by atoms with van der Waals surface area (Å²) in [6.45, 7) is 3.50. The standard InChI is InChI=1S/C7H10O2/c1-5(8)6(2)7(9-6)3-4-7/h3-4H2,1-2H3. The fourth-order valence-corrected chi connectivity index (χ4v) is 1.45. The van der Waals surface area contributed by atoms with Gasteiger partial charge in [0, 0.05) is 0 Å². The number of ether oxygens (including phenoxy) is 1. The molecule has 1 saturated heterocycles. The monoisotopic (exact) mass is 126 g/mol. The third kappa shape index (κ3) is 0.433. The fraction of sp³-hybridized carbons (Fsp3) is 0.857. The van der Waals surface area contributed by atoms with Crippen LogP contribution >= 0.6 is 0 Å². The molecule has 0 bridgehead atoms. The van der Waals surface area contributed by atoms with Crippen LogP contribution in [0.2, 0.25) is 0 Å². The molecular formula is C7H10O2. The number of Topliss-reactive ketones (excluding diaryl/α,β-unsaturated/α-hetero) is 1. The van der Waals surface area contributed by atoms with E-state index in [1.165, 1.54) is 0 Å². The van der Waals surface area contributed by atoms with E-state index in [1.807, 2.05) is 6.92 Å². The summed E-state index contributed by atoms with van der Waals surface area (Å²) in [5.74, 6) is 0.181. The minimum atomic E-state index is -0.382. The number of carbonyl (C=O) groups excluding carboxylic acids is 1. The normalized spacial score (nSPS) is 42.9. The second-order valence-electron chi connectivity index (χ2n) is 3.19. The molecule has 1 aliphatic carbocycles. The van der Waals surface area contributed by atoms with Gasteiger partial charge in [0.15, 0.2) is 11.4 Å². The van der Waals surface area contributed by atoms with Crippen LogP contribution in [0.4, 0.5) is 0 Å². The first kappa shape index (κ1) is 5.42. The van der Waals surface area contributed by atoms with Crippen LogP contribution < -0.4 is 0 Å². The highest BCUT2D eigenvalue weighted by Gasteiger charge is 2.76. The number of rotatable bonds is 1. The van der Waals surface area contributed by atoms with Gasteiger partial charge in [-0.3, -0.25) is 4.79 Å². The third-order valence-corrected chi connectivity index (χ3v) is 2.60. The highest BCUT2D eigenvalue weighted by Crippen LogP contribution is 2.64. The maximum Gasteiger partial charge on any atom is 0.164 e. The molecule has 2 fully saturated rings. The number of hydrogen-bond acceptors (Lipinski definition) is 2. The molecule has 1 spiro atoms. The van der Waals surface area contributed by atoms with Crippen LogP contribution in [0.15, 0.2) is 0 Å². The SMILES string of the molecule is CC(=O)C1(C)OC12CC2. The average Bonchev–Trinajstić information content (AvgIpc) is 2.56. The Hall–Kier alpha value is -0.370. The Labute approximate surface area is 54.2 Å². The van der Waals surface area contributed by atoms with Crippen molar-refractivity contribution in [3.05, 3.63) is 0 Å². The molecule has 9 heavy (non-hydrogen) atoms. The van der Waals surface area contributed by atoms with Crippen LogP contribution in [0.25, 0.3) is 0 Å². The molecule has 2 rings (SSSR count). The van der Waals surface area contributed by atoms with E-state index in [0.29, 0.717) is 0 Å².